The number of aromatic nitrogens is 2. The number of carbonyl (C=O) groups is 1. The predicted molar refractivity (Wildman–Crippen MR) is 75.5 cm³/mol. The second kappa shape index (κ2) is 5.69. The fraction of sp³-hybridized carbons (Fsp3) is 0.333. The molecule has 0 aliphatic rings. The van der Waals surface area contributed by atoms with Crippen LogP contribution in [0.2, 0.25) is 0 Å². The van der Waals surface area contributed by atoms with E-state index in [1.165, 1.54) is 0 Å². The lowest BCUT2D eigenvalue weighted by molar-refractivity contribution is -0.132. The molecule has 1 unspecified atom stereocenters. The van der Waals surface area contributed by atoms with E-state index in [-0.39, 0.29) is 11.8 Å². The van der Waals surface area contributed by atoms with Crippen LogP contribution in [0.1, 0.15) is 6.92 Å². The first-order valence-corrected chi connectivity index (χ1v) is 6.38. The SMILES string of the molecule is CC(Cn1ccc(-c2ccccc2)n1)C(=O)N(C)C. The highest BCUT2D eigenvalue weighted by Gasteiger charge is 2.15. The molecule has 4 heteroatoms. The first kappa shape index (κ1) is 13.3. The van der Waals surface area contributed by atoms with Crippen molar-refractivity contribution in [2.75, 3.05) is 14.1 Å². The van der Waals surface area contributed by atoms with Crippen LogP contribution in [0.5, 0.6) is 0 Å². The lowest BCUT2D eigenvalue weighted by Gasteiger charge is -2.16. The van der Waals surface area contributed by atoms with Crippen molar-refractivity contribution in [3.8, 4) is 11.3 Å². The molecule has 2 rings (SSSR count). The standard InChI is InChI=1S/C15H19N3O/c1-12(15(19)17(2)3)11-18-10-9-14(16-18)13-7-5-4-6-8-13/h4-10,12H,11H2,1-3H3. The Balaban J connectivity index is 2.08. The fourth-order valence-electron chi connectivity index (χ4n) is 2.03. The summed E-state index contributed by atoms with van der Waals surface area (Å²) in [5.74, 6) is 0.0512. The summed E-state index contributed by atoms with van der Waals surface area (Å²) in [5.41, 5.74) is 2.03. The van der Waals surface area contributed by atoms with E-state index in [1.807, 2.05) is 54.2 Å². The average Bonchev–Trinajstić information content (AvgIpc) is 2.87. The minimum Gasteiger partial charge on any atom is -0.349 e. The third-order valence-electron chi connectivity index (χ3n) is 3.03. The van der Waals surface area contributed by atoms with Crippen LogP contribution in [0.15, 0.2) is 42.6 Å². The van der Waals surface area contributed by atoms with Crippen molar-refractivity contribution in [2.24, 2.45) is 5.92 Å². The van der Waals surface area contributed by atoms with Gasteiger partial charge in [-0.2, -0.15) is 5.10 Å². The highest BCUT2D eigenvalue weighted by atomic mass is 16.2. The molecule has 0 aliphatic carbocycles. The summed E-state index contributed by atoms with van der Waals surface area (Å²) in [5, 5.41) is 4.51. The minimum absolute atomic E-state index is 0.0708. The largest absolute Gasteiger partial charge is 0.349 e. The second-order valence-corrected chi connectivity index (χ2v) is 4.92. The highest BCUT2D eigenvalue weighted by molar-refractivity contribution is 5.77. The molecule has 0 aliphatic heterocycles. The molecule has 0 bridgehead atoms. The smallest absolute Gasteiger partial charge is 0.226 e. The Bertz CT molecular complexity index is 546. The van der Waals surface area contributed by atoms with Crippen molar-refractivity contribution in [1.29, 1.82) is 0 Å². The van der Waals surface area contributed by atoms with Gasteiger partial charge >= 0.3 is 0 Å². The minimum atomic E-state index is -0.0708. The number of nitrogens with zero attached hydrogens (tertiary/aromatic N) is 3. The summed E-state index contributed by atoms with van der Waals surface area (Å²) in [6, 6.07) is 12.0. The summed E-state index contributed by atoms with van der Waals surface area (Å²) in [7, 11) is 3.55. The molecule has 1 heterocycles. The number of hydrogen-bond donors (Lipinski definition) is 0. The van der Waals surface area contributed by atoms with Gasteiger partial charge in [-0.1, -0.05) is 37.3 Å². The van der Waals surface area contributed by atoms with Crippen LogP contribution in [0.25, 0.3) is 11.3 Å². The number of benzene rings is 1. The molecule has 100 valence electrons. The van der Waals surface area contributed by atoms with Crippen LogP contribution in [0.4, 0.5) is 0 Å². The predicted octanol–water partition coefficient (Wildman–Crippen LogP) is 2.27. The van der Waals surface area contributed by atoms with E-state index < -0.39 is 0 Å². The van der Waals surface area contributed by atoms with Crippen molar-refractivity contribution >= 4 is 5.91 Å². The van der Waals surface area contributed by atoms with E-state index in [1.54, 1.807) is 19.0 Å². The molecule has 2 aromatic rings. The molecule has 0 spiro atoms. The zero-order chi connectivity index (χ0) is 13.8. The molecule has 4 nitrogen and oxygen atoms in total. The van der Waals surface area contributed by atoms with Crippen LogP contribution in [-0.4, -0.2) is 34.7 Å². The van der Waals surface area contributed by atoms with Crippen molar-refractivity contribution in [3.63, 3.8) is 0 Å². The topological polar surface area (TPSA) is 38.1 Å². The molecule has 0 saturated carbocycles. The van der Waals surface area contributed by atoms with E-state index >= 15 is 0 Å². The van der Waals surface area contributed by atoms with Gasteiger partial charge in [0.2, 0.25) is 5.91 Å². The molecule has 0 N–H and O–H groups in total. The maximum absolute atomic E-state index is 11.8. The van der Waals surface area contributed by atoms with E-state index in [0.717, 1.165) is 11.3 Å². The van der Waals surface area contributed by atoms with Gasteiger partial charge in [0.05, 0.1) is 18.2 Å². The van der Waals surface area contributed by atoms with Crippen molar-refractivity contribution in [2.45, 2.75) is 13.5 Å². The van der Waals surface area contributed by atoms with Crippen LogP contribution < -0.4 is 0 Å². The fourth-order valence-corrected chi connectivity index (χ4v) is 2.03. The molecular formula is C15H19N3O. The quantitative estimate of drug-likeness (QED) is 0.842. The van der Waals surface area contributed by atoms with Gasteiger partial charge in [-0.05, 0) is 6.07 Å². The first-order valence-electron chi connectivity index (χ1n) is 6.38. The number of hydrogen-bond acceptors (Lipinski definition) is 2. The third-order valence-corrected chi connectivity index (χ3v) is 3.03. The Morgan fingerprint density at radius 2 is 1.95 bits per heavy atom. The van der Waals surface area contributed by atoms with Gasteiger partial charge in [-0.15, -0.1) is 0 Å². The zero-order valence-corrected chi connectivity index (χ0v) is 11.6. The Labute approximate surface area is 113 Å². The number of amides is 1. The van der Waals surface area contributed by atoms with Gasteiger partial charge in [0.25, 0.3) is 0 Å². The van der Waals surface area contributed by atoms with E-state index in [2.05, 4.69) is 5.10 Å². The molecule has 0 radical (unpaired) electrons. The zero-order valence-electron chi connectivity index (χ0n) is 11.6. The van der Waals surface area contributed by atoms with Crippen molar-refractivity contribution < 1.29 is 4.79 Å². The maximum atomic E-state index is 11.8. The Hall–Kier alpha value is -2.10. The molecule has 1 aromatic carbocycles. The van der Waals surface area contributed by atoms with E-state index in [0.29, 0.717) is 6.54 Å². The summed E-state index contributed by atoms with van der Waals surface area (Å²) >= 11 is 0. The maximum Gasteiger partial charge on any atom is 0.226 e. The lowest BCUT2D eigenvalue weighted by Crippen LogP contribution is -2.30. The summed E-state index contributed by atoms with van der Waals surface area (Å²) < 4.78 is 1.83. The monoisotopic (exact) mass is 257 g/mol. The number of rotatable bonds is 4. The third kappa shape index (κ3) is 3.22. The van der Waals surface area contributed by atoms with Crippen molar-refractivity contribution in [3.05, 3.63) is 42.6 Å². The first-order chi connectivity index (χ1) is 9.08. The van der Waals surface area contributed by atoms with Crippen LogP contribution in [0.3, 0.4) is 0 Å². The van der Waals surface area contributed by atoms with Crippen LogP contribution >= 0.6 is 0 Å². The molecule has 1 aromatic heterocycles. The van der Waals surface area contributed by atoms with Crippen LogP contribution in [0, 0.1) is 5.92 Å². The molecule has 19 heavy (non-hydrogen) atoms. The molecular weight excluding hydrogens is 238 g/mol. The van der Waals surface area contributed by atoms with Gasteiger partial charge in [0.1, 0.15) is 0 Å². The summed E-state index contributed by atoms with van der Waals surface area (Å²) in [6.07, 6.45) is 1.92. The average molecular weight is 257 g/mol. The molecule has 1 atom stereocenters. The summed E-state index contributed by atoms with van der Waals surface area (Å²) in [4.78, 5) is 13.4. The highest BCUT2D eigenvalue weighted by Crippen LogP contribution is 2.16. The Kier molecular flexibility index (Phi) is 4.00. The van der Waals surface area contributed by atoms with Gasteiger partial charge in [0.15, 0.2) is 0 Å². The Morgan fingerprint density at radius 3 is 2.58 bits per heavy atom. The summed E-state index contributed by atoms with van der Waals surface area (Å²) in [6.45, 7) is 2.52. The molecule has 0 fully saturated rings. The van der Waals surface area contributed by atoms with E-state index in [9.17, 15) is 4.79 Å². The van der Waals surface area contributed by atoms with Gasteiger partial charge in [0, 0.05) is 25.9 Å². The van der Waals surface area contributed by atoms with Gasteiger partial charge in [-0.25, -0.2) is 0 Å². The molecule has 0 saturated heterocycles. The van der Waals surface area contributed by atoms with Gasteiger partial charge in [-0.3, -0.25) is 9.48 Å². The van der Waals surface area contributed by atoms with Crippen molar-refractivity contribution in [1.82, 2.24) is 14.7 Å². The lowest BCUT2D eigenvalue weighted by atomic mass is 10.1. The van der Waals surface area contributed by atoms with Crippen LogP contribution in [-0.2, 0) is 11.3 Å². The Morgan fingerprint density at radius 1 is 1.26 bits per heavy atom. The van der Waals surface area contributed by atoms with E-state index in [4.69, 9.17) is 0 Å². The second-order valence-electron chi connectivity index (χ2n) is 4.92. The normalized spacial score (nSPS) is 12.2. The number of carbonyl (C=O) groups excluding carboxylic acids is 1. The van der Waals surface area contributed by atoms with Gasteiger partial charge < -0.3 is 4.90 Å². The molecule has 1 amide bonds.